The summed E-state index contributed by atoms with van der Waals surface area (Å²) in [4.78, 5) is 11.8. The Morgan fingerprint density at radius 1 is 1.38 bits per heavy atom. The molecule has 2 rings (SSSR count). The maximum absolute atomic E-state index is 11.8. The molecule has 1 heterocycles. The van der Waals surface area contributed by atoms with Crippen molar-refractivity contribution in [1.29, 1.82) is 0 Å². The summed E-state index contributed by atoms with van der Waals surface area (Å²) >= 11 is 6.25. The minimum Gasteiger partial charge on any atom is -0.479 e. The molecule has 21 heavy (non-hydrogen) atoms. The molecule has 0 radical (unpaired) electrons. The molecule has 112 valence electrons. The lowest BCUT2D eigenvalue weighted by molar-refractivity contribution is -0.148. The highest BCUT2D eigenvalue weighted by Gasteiger charge is 2.40. The second-order valence-electron chi connectivity index (χ2n) is 4.94. The number of carbonyl (C=O) groups is 1. The van der Waals surface area contributed by atoms with Gasteiger partial charge in [0.2, 0.25) is 0 Å². The van der Waals surface area contributed by atoms with Crippen LogP contribution in [0, 0.1) is 6.92 Å². The molecule has 0 saturated heterocycles. The Hall–Kier alpha value is -1.95. The highest BCUT2D eigenvalue weighted by Crippen LogP contribution is 2.32. The predicted molar refractivity (Wildman–Crippen MR) is 79.2 cm³/mol. The summed E-state index contributed by atoms with van der Waals surface area (Å²) in [6.07, 6.45) is 0.751. The van der Waals surface area contributed by atoms with E-state index in [1.807, 2.05) is 13.0 Å². The Kier molecular flexibility index (Phi) is 4.27. The lowest BCUT2D eigenvalue weighted by Gasteiger charge is -2.27. The Morgan fingerprint density at radius 2 is 2.05 bits per heavy atom. The number of aryl methyl sites for hydroxylation is 1. The quantitative estimate of drug-likeness (QED) is 0.918. The first-order valence-electron chi connectivity index (χ1n) is 6.75. The van der Waals surface area contributed by atoms with Crippen LogP contribution in [0.4, 0.5) is 0 Å². The van der Waals surface area contributed by atoms with Gasteiger partial charge in [-0.3, -0.25) is 0 Å². The molecule has 1 N–H and O–H groups in total. The normalized spacial score (nSPS) is 11.6. The lowest BCUT2D eigenvalue weighted by atomic mass is 9.92. The van der Waals surface area contributed by atoms with Crippen LogP contribution >= 0.6 is 11.6 Å². The summed E-state index contributed by atoms with van der Waals surface area (Å²) in [5.41, 5.74) is 0.464. The lowest BCUT2D eigenvalue weighted by Crippen LogP contribution is -2.42. The zero-order valence-electron chi connectivity index (χ0n) is 12.2. The van der Waals surface area contributed by atoms with Crippen molar-refractivity contribution in [2.24, 2.45) is 0 Å². The van der Waals surface area contributed by atoms with Gasteiger partial charge in [-0.1, -0.05) is 31.5 Å². The minimum absolute atomic E-state index is 0.367. The van der Waals surface area contributed by atoms with E-state index in [0.29, 0.717) is 29.3 Å². The average Bonchev–Trinajstić information content (AvgIpc) is 2.90. The fourth-order valence-corrected chi connectivity index (χ4v) is 2.71. The maximum Gasteiger partial charge on any atom is 0.331 e. The zero-order chi connectivity index (χ0) is 15.6. The molecule has 0 aliphatic carbocycles. The summed E-state index contributed by atoms with van der Waals surface area (Å²) in [6, 6.07) is 5.49. The van der Waals surface area contributed by atoms with Crippen molar-refractivity contribution in [3.05, 3.63) is 28.8 Å². The Labute approximate surface area is 127 Å². The fraction of sp³-hybridized carbons (Fsp3) is 0.429. The molecular formula is C14H17ClN4O2. The smallest absolute Gasteiger partial charge is 0.331 e. The second-order valence-corrected chi connectivity index (χ2v) is 5.35. The molecule has 0 fully saturated rings. The van der Waals surface area contributed by atoms with Crippen LogP contribution < -0.4 is 0 Å². The number of aromatic nitrogens is 4. The molecule has 0 saturated carbocycles. The summed E-state index contributed by atoms with van der Waals surface area (Å²) in [5.74, 6) is -0.588. The van der Waals surface area contributed by atoms with Crippen LogP contribution in [-0.2, 0) is 10.3 Å². The van der Waals surface area contributed by atoms with Gasteiger partial charge in [0.25, 0.3) is 0 Å². The van der Waals surface area contributed by atoms with Crippen LogP contribution in [-0.4, -0.2) is 31.3 Å². The van der Waals surface area contributed by atoms with Gasteiger partial charge >= 0.3 is 5.97 Å². The van der Waals surface area contributed by atoms with Gasteiger partial charge in [0.15, 0.2) is 11.4 Å². The Morgan fingerprint density at radius 3 is 2.57 bits per heavy atom. The molecule has 0 unspecified atom stereocenters. The number of hydrogen-bond acceptors (Lipinski definition) is 4. The van der Waals surface area contributed by atoms with E-state index in [0.717, 1.165) is 5.56 Å². The monoisotopic (exact) mass is 308 g/mol. The van der Waals surface area contributed by atoms with Crippen LogP contribution in [0.5, 0.6) is 0 Å². The third-order valence-corrected chi connectivity index (χ3v) is 4.12. The van der Waals surface area contributed by atoms with E-state index in [9.17, 15) is 9.90 Å². The SMILES string of the molecule is CCC(CC)(C(=O)O)n1nnnc1-c1ccc(C)cc1Cl. The van der Waals surface area contributed by atoms with Crippen molar-refractivity contribution < 1.29 is 9.90 Å². The number of nitrogens with zero attached hydrogens (tertiary/aromatic N) is 4. The number of halogens is 1. The summed E-state index contributed by atoms with van der Waals surface area (Å²) in [5, 5.41) is 21.7. The topological polar surface area (TPSA) is 80.9 Å². The third-order valence-electron chi connectivity index (χ3n) is 3.81. The molecule has 0 bridgehead atoms. The molecule has 1 aromatic carbocycles. The van der Waals surface area contributed by atoms with Crippen LogP contribution in [0.1, 0.15) is 32.3 Å². The molecular weight excluding hydrogens is 292 g/mol. The van der Waals surface area contributed by atoms with E-state index >= 15 is 0 Å². The number of benzene rings is 1. The maximum atomic E-state index is 11.8. The first-order chi connectivity index (χ1) is 9.96. The van der Waals surface area contributed by atoms with Crippen molar-refractivity contribution in [2.75, 3.05) is 0 Å². The first-order valence-corrected chi connectivity index (χ1v) is 7.12. The van der Waals surface area contributed by atoms with Gasteiger partial charge in [-0.2, -0.15) is 0 Å². The average molecular weight is 309 g/mol. The van der Waals surface area contributed by atoms with E-state index in [1.165, 1.54) is 4.68 Å². The van der Waals surface area contributed by atoms with Gasteiger partial charge in [-0.15, -0.1) is 5.10 Å². The van der Waals surface area contributed by atoms with Crippen LogP contribution in [0.2, 0.25) is 5.02 Å². The van der Waals surface area contributed by atoms with Crippen molar-refractivity contribution in [2.45, 2.75) is 39.2 Å². The number of carboxylic acids is 1. The Bertz CT molecular complexity index is 665. The zero-order valence-corrected chi connectivity index (χ0v) is 12.9. The van der Waals surface area contributed by atoms with E-state index < -0.39 is 11.5 Å². The van der Waals surface area contributed by atoms with E-state index in [-0.39, 0.29) is 0 Å². The van der Waals surface area contributed by atoms with Gasteiger partial charge in [-0.25, -0.2) is 9.48 Å². The number of tetrazole rings is 1. The van der Waals surface area contributed by atoms with Gasteiger partial charge in [0.1, 0.15) is 0 Å². The van der Waals surface area contributed by atoms with Crippen molar-refractivity contribution in [1.82, 2.24) is 20.2 Å². The third kappa shape index (κ3) is 2.51. The molecule has 0 spiro atoms. The van der Waals surface area contributed by atoms with E-state index in [2.05, 4.69) is 15.5 Å². The highest BCUT2D eigenvalue weighted by atomic mass is 35.5. The van der Waals surface area contributed by atoms with Gasteiger partial charge in [0.05, 0.1) is 5.02 Å². The summed E-state index contributed by atoms with van der Waals surface area (Å²) < 4.78 is 1.37. The number of carboxylic acid groups (broad SMARTS) is 1. The molecule has 1 aromatic heterocycles. The van der Waals surface area contributed by atoms with E-state index in [4.69, 9.17) is 11.6 Å². The highest BCUT2D eigenvalue weighted by molar-refractivity contribution is 6.33. The largest absolute Gasteiger partial charge is 0.479 e. The number of rotatable bonds is 5. The van der Waals surface area contributed by atoms with Gasteiger partial charge in [0, 0.05) is 5.56 Å². The Balaban J connectivity index is 2.64. The van der Waals surface area contributed by atoms with Crippen LogP contribution in [0.3, 0.4) is 0 Å². The standard InChI is InChI=1S/C14H17ClN4O2/c1-4-14(5-2,13(20)21)19-12(16-17-18-19)10-7-6-9(3)8-11(10)15/h6-8H,4-5H2,1-3H3,(H,20,21). The number of hydrogen-bond donors (Lipinski definition) is 1. The van der Waals surface area contributed by atoms with Crippen LogP contribution in [0.15, 0.2) is 18.2 Å². The molecule has 0 aliphatic heterocycles. The van der Waals surface area contributed by atoms with Crippen LogP contribution in [0.25, 0.3) is 11.4 Å². The summed E-state index contributed by atoms with van der Waals surface area (Å²) in [6.45, 7) is 5.54. The molecule has 2 aromatic rings. The van der Waals surface area contributed by atoms with Crippen molar-refractivity contribution in [3.8, 4) is 11.4 Å². The fourth-order valence-electron chi connectivity index (χ4n) is 2.39. The molecule has 0 aliphatic rings. The molecule has 0 amide bonds. The molecule has 7 heteroatoms. The van der Waals surface area contributed by atoms with Crippen molar-refractivity contribution in [3.63, 3.8) is 0 Å². The number of aliphatic carboxylic acids is 1. The predicted octanol–water partition coefficient (Wildman–Crippen LogP) is 2.90. The second kappa shape index (κ2) is 5.81. The van der Waals surface area contributed by atoms with Crippen molar-refractivity contribution >= 4 is 17.6 Å². The first kappa shape index (κ1) is 15.4. The molecule has 0 atom stereocenters. The van der Waals surface area contributed by atoms with Gasteiger partial charge < -0.3 is 5.11 Å². The molecule has 6 nitrogen and oxygen atoms in total. The van der Waals surface area contributed by atoms with Gasteiger partial charge in [-0.05, 0) is 47.9 Å². The van der Waals surface area contributed by atoms with E-state index in [1.54, 1.807) is 26.0 Å². The minimum atomic E-state index is -1.17. The summed E-state index contributed by atoms with van der Waals surface area (Å²) in [7, 11) is 0.